The van der Waals surface area contributed by atoms with Crippen molar-refractivity contribution in [1.82, 2.24) is 0 Å². The third-order valence-electron chi connectivity index (χ3n) is 3.23. The van der Waals surface area contributed by atoms with Crippen LogP contribution in [0.4, 0.5) is 0 Å². The van der Waals surface area contributed by atoms with Crippen LogP contribution in [0.3, 0.4) is 0 Å². The van der Waals surface area contributed by atoms with Crippen LogP contribution in [-0.2, 0) is 14.2 Å². The number of fused-ring (bicyclic) bond motifs is 4. The number of hydrogen-bond donors (Lipinski definition) is 1. The summed E-state index contributed by atoms with van der Waals surface area (Å²) in [6.45, 7) is 1.11. The molecule has 0 amide bonds. The molecule has 0 bridgehead atoms. The summed E-state index contributed by atoms with van der Waals surface area (Å²) in [6.07, 6.45) is -0.178. The van der Waals surface area contributed by atoms with Gasteiger partial charge < -0.3 is 24.1 Å². The Morgan fingerprint density at radius 2 is 2.00 bits per heavy atom. The number of epoxide rings is 2. The van der Waals surface area contributed by atoms with Crippen molar-refractivity contribution in [2.24, 2.45) is 0 Å². The van der Waals surface area contributed by atoms with Gasteiger partial charge in [-0.05, 0) is 18.2 Å². The standard InChI is InChI=1S/C12H12O5/c13-6-1-2-8-7(3-6)11-9(15-11)4-14-5-10-12(16-8)17-10/h1-3,9-13H,4-5H2. The molecule has 3 heterocycles. The number of phenols is 1. The molecule has 4 rings (SSSR count). The number of aromatic hydroxyl groups is 1. The molecule has 0 aromatic heterocycles. The number of benzene rings is 1. The minimum absolute atomic E-state index is 0.0203. The number of phenolic OH excluding ortho intramolecular Hbond substituents is 1. The molecule has 2 fully saturated rings. The molecule has 0 aliphatic carbocycles. The predicted molar refractivity (Wildman–Crippen MR) is 55.8 cm³/mol. The summed E-state index contributed by atoms with van der Waals surface area (Å²) in [5.74, 6) is 0.942. The molecule has 17 heavy (non-hydrogen) atoms. The van der Waals surface area contributed by atoms with E-state index in [0.717, 1.165) is 11.3 Å². The topological polar surface area (TPSA) is 63.8 Å². The molecule has 0 radical (unpaired) electrons. The van der Waals surface area contributed by atoms with Gasteiger partial charge in [-0.3, -0.25) is 0 Å². The first-order valence-corrected chi connectivity index (χ1v) is 5.69. The minimum atomic E-state index is -0.228. The summed E-state index contributed by atoms with van der Waals surface area (Å²) in [6, 6.07) is 5.04. The van der Waals surface area contributed by atoms with Crippen molar-refractivity contribution in [2.75, 3.05) is 13.2 Å². The molecular formula is C12H12O5. The van der Waals surface area contributed by atoms with Gasteiger partial charge in [-0.1, -0.05) is 0 Å². The number of ether oxygens (including phenoxy) is 4. The Bertz CT molecular complexity index is 460. The van der Waals surface area contributed by atoms with E-state index in [9.17, 15) is 5.11 Å². The SMILES string of the molecule is Oc1ccc2c(c1)C1OC1COCC1OC1O2. The monoisotopic (exact) mass is 236 g/mol. The third kappa shape index (κ3) is 1.67. The van der Waals surface area contributed by atoms with Gasteiger partial charge in [0.1, 0.15) is 29.8 Å². The van der Waals surface area contributed by atoms with Crippen LogP contribution in [0.1, 0.15) is 11.7 Å². The lowest BCUT2D eigenvalue weighted by molar-refractivity contribution is 0.101. The molecule has 1 N–H and O–H groups in total. The molecule has 4 atom stereocenters. The fourth-order valence-electron chi connectivity index (χ4n) is 2.18. The first-order valence-electron chi connectivity index (χ1n) is 5.69. The van der Waals surface area contributed by atoms with E-state index >= 15 is 0 Å². The lowest BCUT2D eigenvalue weighted by Gasteiger charge is -2.10. The van der Waals surface area contributed by atoms with E-state index < -0.39 is 0 Å². The van der Waals surface area contributed by atoms with Gasteiger partial charge in [0.05, 0.1) is 13.2 Å². The lowest BCUT2D eigenvalue weighted by Crippen LogP contribution is -2.14. The molecule has 5 nitrogen and oxygen atoms in total. The molecule has 1 aromatic rings. The minimum Gasteiger partial charge on any atom is -0.508 e. The summed E-state index contributed by atoms with van der Waals surface area (Å²) in [4.78, 5) is 0. The highest BCUT2D eigenvalue weighted by atomic mass is 16.8. The Hall–Kier alpha value is -1.30. The van der Waals surface area contributed by atoms with E-state index in [0.29, 0.717) is 13.2 Å². The molecule has 4 unspecified atom stereocenters. The molecule has 3 aliphatic heterocycles. The summed E-state index contributed by atoms with van der Waals surface area (Å²) in [5, 5.41) is 9.52. The van der Waals surface area contributed by atoms with Crippen LogP contribution in [0.5, 0.6) is 11.5 Å². The fraction of sp³-hybridized carbons (Fsp3) is 0.500. The largest absolute Gasteiger partial charge is 0.508 e. The molecule has 90 valence electrons. The van der Waals surface area contributed by atoms with Crippen molar-refractivity contribution in [3.05, 3.63) is 23.8 Å². The molecule has 1 aromatic carbocycles. The first kappa shape index (κ1) is 9.70. The predicted octanol–water partition coefficient (Wildman–Crippen LogP) is 0.966. The van der Waals surface area contributed by atoms with Crippen molar-refractivity contribution >= 4 is 0 Å². The van der Waals surface area contributed by atoms with Crippen molar-refractivity contribution in [3.8, 4) is 11.5 Å². The van der Waals surface area contributed by atoms with Crippen LogP contribution in [0.25, 0.3) is 0 Å². The van der Waals surface area contributed by atoms with Crippen LogP contribution in [0, 0.1) is 0 Å². The second-order valence-electron chi connectivity index (χ2n) is 4.52. The lowest BCUT2D eigenvalue weighted by atomic mass is 10.1. The average Bonchev–Trinajstić information content (AvgIpc) is 3.18. The van der Waals surface area contributed by atoms with E-state index in [1.165, 1.54) is 0 Å². The first-order chi connectivity index (χ1) is 8.31. The van der Waals surface area contributed by atoms with E-state index in [2.05, 4.69) is 0 Å². The summed E-state index contributed by atoms with van der Waals surface area (Å²) >= 11 is 0. The van der Waals surface area contributed by atoms with Gasteiger partial charge in [0.2, 0.25) is 6.29 Å². The Morgan fingerprint density at radius 3 is 2.94 bits per heavy atom. The summed E-state index contributed by atoms with van der Waals surface area (Å²) in [7, 11) is 0. The highest BCUT2D eigenvalue weighted by Gasteiger charge is 2.47. The maximum atomic E-state index is 9.52. The Labute approximate surface area is 97.9 Å². The van der Waals surface area contributed by atoms with Crippen molar-refractivity contribution in [2.45, 2.75) is 24.6 Å². The van der Waals surface area contributed by atoms with Gasteiger partial charge in [-0.15, -0.1) is 0 Å². The van der Waals surface area contributed by atoms with E-state index in [-0.39, 0.29) is 30.4 Å². The zero-order valence-electron chi connectivity index (χ0n) is 9.04. The average molecular weight is 236 g/mol. The van der Waals surface area contributed by atoms with Crippen LogP contribution in [0.2, 0.25) is 0 Å². The van der Waals surface area contributed by atoms with E-state index in [1.54, 1.807) is 18.2 Å². The van der Waals surface area contributed by atoms with Gasteiger partial charge in [0.15, 0.2) is 0 Å². The second-order valence-corrected chi connectivity index (χ2v) is 4.52. The maximum absolute atomic E-state index is 9.52. The van der Waals surface area contributed by atoms with Crippen LogP contribution in [0.15, 0.2) is 18.2 Å². The quantitative estimate of drug-likeness (QED) is 0.680. The van der Waals surface area contributed by atoms with Gasteiger partial charge in [0.25, 0.3) is 0 Å². The number of hydrogen-bond acceptors (Lipinski definition) is 5. The zero-order valence-corrected chi connectivity index (χ0v) is 9.04. The van der Waals surface area contributed by atoms with Crippen LogP contribution in [-0.4, -0.2) is 36.8 Å². The smallest absolute Gasteiger partial charge is 0.229 e. The zero-order chi connectivity index (χ0) is 11.4. The molecule has 0 spiro atoms. The van der Waals surface area contributed by atoms with E-state index in [4.69, 9.17) is 18.9 Å². The maximum Gasteiger partial charge on any atom is 0.229 e. The molecule has 5 heteroatoms. The summed E-state index contributed by atoms with van der Waals surface area (Å²) < 4.78 is 22.0. The van der Waals surface area contributed by atoms with Gasteiger partial charge in [0, 0.05) is 5.56 Å². The molecule has 3 aliphatic rings. The summed E-state index contributed by atoms with van der Waals surface area (Å²) in [5.41, 5.74) is 0.870. The van der Waals surface area contributed by atoms with Crippen molar-refractivity contribution < 1.29 is 24.1 Å². The fourth-order valence-corrected chi connectivity index (χ4v) is 2.18. The Kier molecular flexibility index (Phi) is 1.91. The van der Waals surface area contributed by atoms with Gasteiger partial charge >= 0.3 is 0 Å². The normalized spacial score (nSPS) is 38.1. The van der Waals surface area contributed by atoms with Crippen molar-refractivity contribution in [1.29, 1.82) is 0 Å². The van der Waals surface area contributed by atoms with Gasteiger partial charge in [-0.2, -0.15) is 0 Å². The second kappa shape index (κ2) is 3.35. The van der Waals surface area contributed by atoms with Crippen LogP contribution >= 0.6 is 0 Å². The van der Waals surface area contributed by atoms with E-state index in [1.807, 2.05) is 0 Å². The third-order valence-corrected chi connectivity index (χ3v) is 3.23. The highest BCUT2D eigenvalue weighted by Crippen LogP contribution is 2.46. The highest BCUT2D eigenvalue weighted by molar-refractivity contribution is 5.43. The Balaban J connectivity index is 1.70. The van der Waals surface area contributed by atoms with Gasteiger partial charge in [-0.25, -0.2) is 0 Å². The molecule has 0 saturated carbocycles. The molecule has 2 saturated heterocycles. The Morgan fingerprint density at radius 1 is 1.12 bits per heavy atom. The molecular weight excluding hydrogens is 224 g/mol. The van der Waals surface area contributed by atoms with Crippen molar-refractivity contribution in [3.63, 3.8) is 0 Å². The number of rotatable bonds is 0. The van der Waals surface area contributed by atoms with Crippen LogP contribution < -0.4 is 4.74 Å².